The highest BCUT2D eigenvalue weighted by molar-refractivity contribution is 6.30. The summed E-state index contributed by atoms with van der Waals surface area (Å²) in [5.41, 5.74) is 3.06. The van der Waals surface area contributed by atoms with Crippen molar-refractivity contribution >= 4 is 29.1 Å². The summed E-state index contributed by atoms with van der Waals surface area (Å²) in [5.74, 6) is -0.789. The number of rotatable bonds is 8. The van der Waals surface area contributed by atoms with Crippen LogP contribution in [0, 0.1) is 0 Å². The number of benzene rings is 2. The first kappa shape index (κ1) is 23.4. The topological polar surface area (TPSA) is 85.6 Å². The van der Waals surface area contributed by atoms with Crippen molar-refractivity contribution in [1.29, 1.82) is 0 Å². The van der Waals surface area contributed by atoms with Crippen LogP contribution < -0.4 is 5.32 Å². The van der Waals surface area contributed by atoms with Gasteiger partial charge in [-0.05, 0) is 42.2 Å². The van der Waals surface area contributed by atoms with Gasteiger partial charge in [0.2, 0.25) is 5.91 Å². The standard InChI is InChI=1S/C26H25ClN4O3/c1-3-26(15-18-7-5-4-6-8-18,25(33)29-17-23(32)34-2)22-13-14-28-24-21(16-30-31(22)24)19-9-11-20(27)12-10-19/h4-14,16H,3,15,17H2,1-2H3,(H,29,33). The third-order valence-electron chi connectivity index (χ3n) is 6.05. The molecule has 1 atom stereocenters. The lowest BCUT2D eigenvalue weighted by molar-refractivity contribution is -0.142. The molecule has 1 amide bonds. The van der Waals surface area contributed by atoms with Gasteiger partial charge >= 0.3 is 5.97 Å². The highest BCUT2D eigenvalue weighted by Crippen LogP contribution is 2.34. The predicted octanol–water partition coefficient (Wildman–Crippen LogP) is 4.23. The van der Waals surface area contributed by atoms with Crippen LogP contribution >= 0.6 is 11.6 Å². The van der Waals surface area contributed by atoms with E-state index in [-0.39, 0.29) is 12.5 Å². The van der Waals surface area contributed by atoms with E-state index in [1.54, 1.807) is 16.9 Å². The summed E-state index contributed by atoms with van der Waals surface area (Å²) in [7, 11) is 1.29. The Morgan fingerprint density at radius 1 is 1.09 bits per heavy atom. The van der Waals surface area contributed by atoms with Crippen LogP contribution in [0.15, 0.2) is 73.1 Å². The first-order valence-corrected chi connectivity index (χ1v) is 11.3. The summed E-state index contributed by atoms with van der Waals surface area (Å²) in [6.07, 6.45) is 4.33. The Morgan fingerprint density at radius 2 is 1.82 bits per heavy atom. The number of carbonyl (C=O) groups excluding carboxylic acids is 2. The molecule has 4 aromatic rings. The van der Waals surface area contributed by atoms with E-state index < -0.39 is 11.4 Å². The molecule has 7 nitrogen and oxygen atoms in total. The number of nitrogens with one attached hydrogen (secondary N) is 1. The Hall–Kier alpha value is -3.71. The largest absolute Gasteiger partial charge is 0.468 e. The Bertz CT molecular complexity index is 1300. The van der Waals surface area contributed by atoms with Crippen LogP contribution in [-0.2, 0) is 26.2 Å². The van der Waals surface area contributed by atoms with E-state index in [4.69, 9.17) is 16.3 Å². The van der Waals surface area contributed by atoms with Crippen LogP contribution in [0.1, 0.15) is 24.6 Å². The van der Waals surface area contributed by atoms with Gasteiger partial charge in [-0.2, -0.15) is 5.10 Å². The van der Waals surface area contributed by atoms with E-state index in [1.165, 1.54) is 7.11 Å². The maximum absolute atomic E-state index is 13.7. The van der Waals surface area contributed by atoms with E-state index >= 15 is 0 Å². The summed E-state index contributed by atoms with van der Waals surface area (Å²) < 4.78 is 6.43. The second-order valence-electron chi connectivity index (χ2n) is 7.99. The molecule has 0 saturated carbocycles. The van der Waals surface area contributed by atoms with E-state index in [0.717, 1.165) is 16.7 Å². The molecular weight excluding hydrogens is 452 g/mol. The molecular formula is C26H25ClN4O3. The number of fused-ring (bicyclic) bond motifs is 1. The summed E-state index contributed by atoms with van der Waals surface area (Å²) in [6.45, 7) is 1.74. The van der Waals surface area contributed by atoms with Crippen molar-refractivity contribution in [2.75, 3.05) is 13.7 Å². The molecule has 0 spiro atoms. The number of methoxy groups -OCH3 is 1. The van der Waals surface area contributed by atoms with Crippen LogP contribution in [0.5, 0.6) is 0 Å². The monoisotopic (exact) mass is 476 g/mol. The zero-order chi connectivity index (χ0) is 24.1. The minimum absolute atomic E-state index is 0.213. The second kappa shape index (κ2) is 10.1. The maximum atomic E-state index is 13.7. The van der Waals surface area contributed by atoms with Gasteiger partial charge in [0.1, 0.15) is 6.54 Å². The molecule has 1 unspecified atom stereocenters. The van der Waals surface area contributed by atoms with Crippen LogP contribution in [0.4, 0.5) is 0 Å². The average Bonchev–Trinajstić information content (AvgIpc) is 3.31. The fraction of sp³-hybridized carbons (Fsp3) is 0.231. The second-order valence-corrected chi connectivity index (χ2v) is 8.42. The molecule has 0 aliphatic heterocycles. The van der Waals surface area contributed by atoms with Gasteiger partial charge in [-0.15, -0.1) is 0 Å². The quantitative estimate of drug-likeness (QED) is 0.385. The highest BCUT2D eigenvalue weighted by atomic mass is 35.5. The number of aromatic nitrogens is 3. The van der Waals surface area contributed by atoms with E-state index in [0.29, 0.717) is 29.2 Å². The molecule has 2 aromatic heterocycles. The lowest BCUT2D eigenvalue weighted by atomic mass is 9.75. The van der Waals surface area contributed by atoms with Gasteiger partial charge in [-0.3, -0.25) is 9.59 Å². The molecule has 0 bridgehead atoms. The average molecular weight is 477 g/mol. The number of esters is 1. The van der Waals surface area contributed by atoms with Crippen molar-refractivity contribution in [3.8, 4) is 11.1 Å². The molecule has 8 heteroatoms. The molecule has 2 aromatic carbocycles. The van der Waals surface area contributed by atoms with Gasteiger partial charge in [0.05, 0.1) is 24.4 Å². The van der Waals surface area contributed by atoms with E-state index in [9.17, 15) is 9.59 Å². The molecule has 4 rings (SSSR count). The lowest BCUT2D eigenvalue weighted by Gasteiger charge is -2.32. The summed E-state index contributed by atoms with van der Waals surface area (Å²) in [5, 5.41) is 8.02. The first-order chi connectivity index (χ1) is 16.5. The summed E-state index contributed by atoms with van der Waals surface area (Å²) in [4.78, 5) is 30.0. The van der Waals surface area contributed by atoms with E-state index in [2.05, 4.69) is 15.4 Å². The van der Waals surface area contributed by atoms with Crippen molar-refractivity contribution in [2.45, 2.75) is 25.2 Å². The zero-order valence-electron chi connectivity index (χ0n) is 19.0. The molecule has 0 aliphatic carbocycles. The molecule has 0 aliphatic rings. The van der Waals surface area contributed by atoms with Crippen LogP contribution in [0.2, 0.25) is 5.02 Å². The van der Waals surface area contributed by atoms with Gasteiger partial charge < -0.3 is 10.1 Å². The third kappa shape index (κ3) is 4.52. The fourth-order valence-electron chi connectivity index (χ4n) is 4.18. The summed E-state index contributed by atoms with van der Waals surface area (Å²) >= 11 is 6.06. The SMILES string of the molecule is CCC(Cc1ccccc1)(C(=O)NCC(=O)OC)c1ccnc2c(-c3ccc(Cl)cc3)cnn12. The Balaban J connectivity index is 1.85. The number of hydrogen-bond acceptors (Lipinski definition) is 5. The number of halogens is 1. The number of nitrogens with zero attached hydrogens (tertiary/aromatic N) is 3. The van der Waals surface area contributed by atoms with Crippen LogP contribution in [0.25, 0.3) is 16.8 Å². The zero-order valence-corrected chi connectivity index (χ0v) is 19.7. The Morgan fingerprint density at radius 3 is 2.50 bits per heavy atom. The maximum Gasteiger partial charge on any atom is 0.325 e. The Labute approximate surface area is 202 Å². The first-order valence-electron chi connectivity index (χ1n) is 11.0. The number of hydrogen-bond donors (Lipinski definition) is 1. The van der Waals surface area contributed by atoms with Crippen molar-refractivity contribution in [3.05, 3.63) is 89.3 Å². The van der Waals surface area contributed by atoms with Gasteiger partial charge in [0, 0.05) is 16.8 Å². The van der Waals surface area contributed by atoms with Gasteiger partial charge in [-0.25, -0.2) is 9.50 Å². The van der Waals surface area contributed by atoms with Crippen LogP contribution in [-0.4, -0.2) is 40.1 Å². The molecule has 0 radical (unpaired) electrons. The highest BCUT2D eigenvalue weighted by Gasteiger charge is 2.41. The molecule has 34 heavy (non-hydrogen) atoms. The number of amides is 1. The Kier molecular flexibility index (Phi) is 6.93. The smallest absolute Gasteiger partial charge is 0.325 e. The minimum Gasteiger partial charge on any atom is -0.468 e. The number of ether oxygens (including phenoxy) is 1. The molecule has 1 N–H and O–H groups in total. The van der Waals surface area contributed by atoms with Crippen molar-refractivity contribution in [1.82, 2.24) is 19.9 Å². The fourth-order valence-corrected chi connectivity index (χ4v) is 4.30. The molecule has 2 heterocycles. The minimum atomic E-state index is -1.00. The molecule has 0 fully saturated rings. The van der Waals surface area contributed by atoms with Crippen LogP contribution in [0.3, 0.4) is 0 Å². The molecule has 0 saturated heterocycles. The van der Waals surface area contributed by atoms with Gasteiger partial charge in [0.15, 0.2) is 5.65 Å². The van der Waals surface area contributed by atoms with Crippen molar-refractivity contribution in [3.63, 3.8) is 0 Å². The lowest BCUT2D eigenvalue weighted by Crippen LogP contribution is -2.48. The third-order valence-corrected chi connectivity index (χ3v) is 6.31. The predicted molar refractivity (Wildman–Crippen MR) is 131 cm³/mol. The van der Waals surface area contributed by atoms with Crippen molar-refractivity contribution in [2.24, 2.45) is 0 Å². The number of carbonyl (C=O) groups is 2. The van der Waals surface area contributed by atoms with Crippen molar-refractivity contribution < 1.29 is 14.3 Å². The normalized spacial score (nSPS) is 12.8. The summed E-state index contributed by atoms with van der Waals surface area (Å²) in [6, 6.07) is 19.1. The van der Waals surface area contributed by atoms with E-state index in [1.807, 2.05) is 67.6 Å². The van der Waals surface area contributed by atoms with Gasteiger partial charge in [0.25, 0.3) is 0 Å². The van der Waals surface area contributed by atoms with Gasteiger partial charge in [-0.1, -0.05) is 61.0 Å². The molecule has 174 valence electrons.